The van der Waals surface area contributed by atoms with Gasteiger partial charge in [-0.2, -0.15) is 0 Å². The molecule has 2 N–H and O–H groups in total. The van der Waals surface area contributed by atoms with Gasteiger partial charge in [0.15, 0.2) is 5.11 Å². The highest BCUT2D eigenvalue weighted by atomic mass is 32.1. The number of benzene rings is 1. The van der Waals surface area contributed by atoms with Crippen molar-refractivity contribution in [1.29, 1.82) is 0 Å². The van der Waals surface area contributed by atoms with Crippen LogP contribution >= 0.6 is 12.2 Å². The molecule has 0 saturated heterocycles. The second-order valence-corrected chi connectivity index (χ2v) is 4.94. The van der Waals surface area contributed by atoms with Crippen molar-refractivity contribution in [2.45, 2.75) is 38.7 Å². The summed E-state index contributed by atoms with van der Waals surface area (Å²) in [5, 5.41) is 6.84. The van der Waals surface area contributed by atoms with E-state index in [0.717, 1.165) is 18.0 Å². The predicted octanol–water partition coefficient (Wildman–Crippen LogP) is 3.31. The molecule has 1 aromatic rings. The first-order valence-electron chi connectivity index (χ1n) is 6.59. The van der Waals surface area contributed by atoms with E-state index in [-0.39, 0.29) is 0 Å². The minimum Gasteiger partial charge on any atom is -0.490 e. The van der Waals surface area contributed by atoms with Crippen molar-refractivity contribution in [3.63, 3.8) is 0 Å². The Hall–Kier alpha value is -1.29. The van der Waals surface area contributed by atoms with Crippen LogP contribution in [-0.2, 0) is 0 Å². The maximum atomic E-state index is 5.91. The van der Waals surface area contributed by atoms with E-state index in [1.807, 2.05) is 31.2 Å². The van der Waals surface area contributed by atoms with Gasteiger partial charge in [-0.05, 0) is 69.1 Å². The smallest absolute Gasteiger partial charge is 0.170 e. The lowest BCUT2D eigenvalue weighted by molar-refractivity contribution is 0.210. The molecule has 0 unspecified atom stereocenters. The van der Waals surface area contributed by atoms with E-state index in [2.05, 4.69) is 10.6 Å². The van der Waals surface area contributed by atoms with Crippen LogP contribution in [0.25, 0.3) is 0 Å². The Morgan fingerprint density at radius 3 is 2.56 bits per heavy atom. The molecule has 1 aliphatic carbocycles. The van der Waals surface area contributed by atoms with Crippen molar-refractivity contribution in [2.75, 3.05) is 11.9 Å². The molecule has 3 nitrogen and oxygen atoms in total. The third-order valence-corrected chi connectivity index (χ3v) is 3.30. The van der Waals surface area contributed by atoms with Crippen molar-refractivity contribution in [2.24, 2.45) is 0 Å². The molecule has 2 rings (SSSR count). The second kappa shape index (κ2) is 6.59. The molecule has 98 valence electrons. The minimum atomic E-state index is 0.409. The maximum Gasteiger partial charge on any atom is 0.170 e. The summed E-state index contributed by atoms with van der Waals surface area (Å²) in [5.41, 5.74) is 0.986. The molecule has 1 aromatic carbocycles. The lowest BCUT2D eigenvalue weighted by atomic mass is 10.3. The number of rotatable bonds is 4. The van der Waals surface area contributed by atoms with Gasteiger partial charge in [-0.3, -0.25) is 0 Å². The summed E-state index contributed by atoms with van der Waals surface area (Å²) in [5.74, 6) is 0.946. The molecule has 18 heavy (non-hydrogen) atoms. The van der Waals surface area contributed by atoms with Gasteiger partial charge in [0, 0.05) is 12.2 Å². The molecule has 0 aliphatic heterocycles. The third kappa shape index (κ3) is 3.88. The summed E-state index contributed by atoms with van der Waals surface area (Å²) in [6, 6.07) is 7.98. The van der Waals surface area contributed by atoms with Gasteiger partial charge in [0.25, 0.3) is 0 Å². The van der Waals surface area contributed by atoms with E-state index in [0.29, 0.717) is 11.2 Å². The van der Waals surface area contributed by atoms with E-state index in [1.54, 1.807) is 0 Å². The number of thiocarbonyl (C=S) groups is 1. The highest BCUT2D eigenvalue weighted by Crippen LogP contribution is 2.24. The number of anilines is 1. The predicted molar refractivity (Wildman–Crippen MR) is 79.2 cm³/mol. The molecule has 0 atom stereocenters. The quantitative estimate of drug-likeness (QED) is 0.817. The van der Waals surface area contributed by atoms with Gasteiger partial charge in [0.1, 0.15) is 5.75 Å². The first kappa shape index (κ1) is 13.1. The fraction of sp³-hybridized carbons (Fsp3) is 0.500. The van der Waals surface area contributed by atoms with Gasteiger partial charge in [-0.15, -0.1) is 0 Å². The Bertz CT molecular complexity index is 385. The molecule has 0 radical (unpaired) electrons. The van der Waals surface area contributed by atoms with Crippen molar-refractivity contribution in [3.8, 4) is 5.75 Å². The Balaban J connectivity index is 1.86. The molecule has 0 bridgehead atoms. The van der Waals surface area contributed by atoms with Crippen LogP contribution in [-0.4, -0.2) is 17.8 Å². The average molecular weight is 264 g/mol. The summed E-state index contributed by atoms with van der Waals surface area (Å²) < 4.78 is 5.91. The van der Waals surface area contributed by atoms with Gasteiger partial charge < -0.3 is 15.4 Å². The number of ether oxygens (including phenoxy) is 1. The number of hydrogen-bond donors (Lipinski definition) is 2. The first-order chi connectivity index (χ1) is 8.78. The Morgan fingerprint density at radius 1 is 1.28 bits per heavy atom. The highest BCUT2D eigenvalue weighted by Gasteiger charge is 2.16. The van der Waals surface area contributed by atoms with E-state index in [4.69, 9.17) is 17.0 Å². The molecule has 1 saturated carbocycles. The zero-order valence-electron chi connectivity index (χ0n) is 10.7. The topological polar surface area (TPSA) is 33.3 Å². The van der Waals surface area contributed by atoms with Crippen LogP contribution in [0.2, 0.25) is 0 Å². The van der Waals surface area contributed by atoms with Crippen molar-refractivity contribution < 1.29 is 4.74 Å². The van der Waals surface area contributed by atoms with E-state index in [1.165, 1.54) is 25.7 Å². The number of nitrogens with one attached hydrogen (secondary N) is 2. The molecule has 4 heteroatoms. The normalized spacial score (nSPS) is 15.4. The Labute approximate surface area is 114 Å². The van der Waals surface area contributed by atoms with Crippen LogP contribution < -0.4 is 15.4 Å². The molecule has 1 fully saturated rings. The van der Waals surface area contributed by atoms with Gasteiger partial charge >= 0.3 is 0 Å². The van der Waals surface area contributed by atoms with Crippen LogP contribution in [0.15, 0.2) is 24.3 Å². The summed E-state index contributed by atoms with van der Waals surface area (Å²) in [6.07, 6.45) is 5.36. The van der Waals surface area contributed by atoms with Crippen molar-refractivity contribution in [3.05, 3.63) is 24.3 Å². The molecular formula is C14H20N2OS. The average Bonchev–Trinajstić information content (AvgIpc) is 2.85. The monoisotopic (exact) mass is 264 g/mol. The zero-order valence-corrected chi connectivity index (χ0v) is 11.6. The fourth-order valence-electron chi connectivity index (χ4n) is 2.15. The molecule has 0 heterocycles. The first-order valence-corrected chi connectivity index (χ1v) is 7.00. The van der Waals surface area contributed by atoms with Crippen LogP contribution in [0.4, 0.5) is 5.69 Å². The fourth-order valence-corrected chi connectivity index (χ4v) is 2.41. The summed E-state index contributed by atoms with van der Waals surface area (Å²) in [7, 11) is 0. The molecule has 0 aromatic heterocycles. The Morgan fingerprint density at radius 2 is 1.94 bits per heavy atom. The zero-order chi connectivity index (χ0) is 12.8. The van der Waals surface area contributed by atoms with Gasteiger partial charge in [0.05, 0.1) is 6.10 Å². The molecule has 0 amide bonds. The number of hydrogen-bond acceptors (Lipinski definition) is 2. The van der Waals surface area contributed by atoms with Crippen molar-refractivity contribution in [1.82, 2.24) is 5.32 Å². The van der Waals surface area contributed by atoms with Crippen LogP contribution in [0, 0.1) is 0 Å². The lowest BCUT2D eigenvalue weighted by Gasteiger charge is -2.14. The van der Waals surface area contributed by atoms with Crippen LogP contribution in [0.5, 0.6) is 5.75 Å². The lowest BCUT2D eigenvalue weighted by Crippen LogP contribution is -2.27. The van der Waals surface area contributed by atoms with Gasteiger partial charge in [0.2, 0.25) is 0 Å². The van der Waals surface area contributed by atoms with E-state index in [9.17, 15) is 0 Å². The highest BCUT2D eigenvalue weighted by molar-refractivity contribution is 7.80. The second-order valence-electron chi connectivity index (χ2n) is 4.53. The van der Waals surface area contributed by atoms with Gasteiger partial charge in [-0.25, -0.2) is 0 Å². The van der Waals surface area contributed by atoms with Crippen LogP contribution in [0.1, 0.15) is 32.6 Å². The molecule has 0 spiro atoms. The van der Waals surface area contributed by atoms with E-state index < -0.39 is 0 Å². The standard InChI is InChI=1S/C14H20N2OS/c1-2-15-14(18)16-11-7-9-13(10-8-11)17-12-5-3-4-6-12/h7-10,12H,2-6H2,1H3,(H2,15,16,18). The molecule has 1 aliphatic rings. The van der Waals surface area contributed by atoms with Gasteiger partial charge in [-0.1, -0.05) is 0 Å². The Kier molecular flexibility index (Phi) is 4.81. The summed E-state index contributed by atoms with van der Waals surface area (Å²) in [4.78, 5) is 0. The SMILES string of the molecule is CCNC(=S)Nc1ccc(OC2CCCC2)cc1. The molecular weight excluding hydrogens is 244 g/mol. The maximum absolute atomic E-state index is 5.91. The largest absolute Gasteiger partial charge is 0.490 e. The van der Waals surface area contributed by atoms with Crippen molar-refractivity contribution >= 4 is 23.0 Å². The summed E-state index contributed by atoms with van der Waals surface area (Å²) in [6.45, 7) is 2.85. The third-order valence-electron chi connectivity index (χ3n) is 3.05. The van der Waals surface area contributed by atoms with Crippen LogP contribution in [0.3, 0.4) is 0 Å². The minimum absolute atomic E-state index is 0.409. The van der Waals surface area contributed by atoms with E-state index >= 15 is 0 Å². The summed E-state index contributed by atoms with van der Waals surface area (Å²) >= 11 is 5.13.